The Labute approximate surface area is 193 Å². The summed E-state index contributed by atoms with van der Waals surface area (Å²) >= 11 is 1.68. The minimum Gasteiger partial charge on any atom is -0.497 e. The van der Waals surface area contributed by atoms with Crippen molar-refractivity contribution >= 4 is 27.4 Å². The zero-order valence-corrected chi connectivity index (χ0v) is 19.4. The van der Waals surface area contributed by atoms with Gasteiger partial charge in [-0.05, 0) is 56.1 Å². The van der Waals surface area contributed by atoms with E-state index in [9.17, 15) is 0 Å². The zero-order chi connectivity index (χ0) is 21.9. The Morgan fingerprint density at radius 3 is 2.50 bits per heavy atom. The Morgan fingerprint density at radius 2 is 1.78 bits per heavy atom. The Kier molecular flexibility index (Phi) is 6.06. The monoisotopic (exact) mass is 444 g/mol. The highest BCUT2D eigenvalue weighted by Gasteiger charge is 2.22. The molecule has 4 aromatic rings. The van der Waals surface area contributed by atoms with Gasteiger partial charge >= 0.3 is 0 Å². The molecule has 32 heavy (non-hydrogen) atoms. The van der Waals surface area contributed by atoms with E-state index in [-0.39, 0.29) is 6.04 Å². The fraction of sp³-hybridized carbons (Fsp3) is 0.308. The summed E-state index contributed by atoms with van der Waals surface area (Å²) in [6.07, 6.45) is 2.55. The maximum atomic E-state index is 5.38. The molecule has 0 aliphatic carbocycles. The number of nitrogens with one attached hydrogen (secondary N) is 1. The van der Waals surface area contributed by atoms with Crippen molar-refractivity contribution in [1.82, 2.24) is 14.9 Å². The molecule has 6 heteroatoms. The number of thiophene rings is 1. The van der Waals surface area contributed by atoms with Crippen molar-refractivity contribution in [2.45, 2.75) is 25.8 Å². The third-order valence-corrected chi connectivity index (χ3v) is 6.97. The largest absolute Gasteiger partial charge is 0.497 e. The molecule has 0 amide bonds. The Hall–Kier alpha value is -2.96. The third-order valence-electron chi connectivity index (χ3n) is 6.10. The van der Waals surface area contributed by atoms with Gasteiger partial charge in [0.25, 0.3) is 0 Å². The predicted octanol–water partition coefficient (Wildman–Crippen LogP) is 5.92. The van der Waals surface area contributed by atoms with Crippen LogP contribution in [-0.2, 0) is 0 Å². The van der Waals surface area contributed by atoms with E-state index in [0.29, 0.717) is 0 Å². The van der Waals surface area contributed by atoms with Gasteiger partial charge in [-0.2, -0.15) is 0 Å². The fourth-order valence-corrected chi connectivity index (χ4v) is 5.43. The van der Waals surface area contributed by atoms with Crippen molar-refractivity contribution < 1.29 is 4.74 Å². The molecule has 0 bridgehead atoms. The number of rotatable bonds is 7. The molecule has 164 valence electrons. The number of nitrogens with zero attached hydrogens (tertiary/aromatic N) is 3. The topological polar surface area (TPSA) is 50.3 Å². The van der Waals surface area contributed by atoms with E-state index < -0.39 is 0 Å². The first-order valence-electron chi connectivity index (χ1n) is 11.2. The molecule has 5 nitrogen and oxygen atoms in total. The second kappa shape index (κ2) is 9.27. The van der Waals surface area contributed by atoms with Gasteiger partial charge in [0.05, 0.1) is 18.5 Å². The molecule has 1 aliphatic rings. The molecule has 2 aromatic carbocycles. The first-order chi connectivity index (χ1) is 15.7. The summed E-state index contributed by atoms with van der Waals surface area (Å²) in [7, 11) is 1.71. The normalized spacial score (nSPS) is 15.2. The van der Waals surface area contributed by atoms with Crippen LogP contribution >= 0.6 is 11.3 Å². The molecule has 1 fully saturated rings. The second-order valence-corrected chi connectivity index (χ2v) is 9.15. The number of fused-ring (bicyclic) bond motifs is 1. The number of aromatic nitrogens is 2. The first-order valence-corrected chi connectivity index (χ1v) is 12.0. The van der Waals surface area contributed by atoms with Crippen LogP contribution in [0.3, 0.4) is 0 Å². The van der Waals surface area contributed by atoms with Crippen molar-refractivity contribution in [3.8, 4) is 16.9 Å². The minimum atomic E-state index is 0.125. The van der Waals surface area contributed by atoms with Crippen LogP contribution in [0, 0.1) is 6.92 Å². The van der Waals surface area contributed by atoms with E-state index in [1.807, 2.05) is 25.1 Å². The molecule has 1 saturated heterocycles. The predicted molar refractivity (Wildman–Crippen MR) is 133 cm³/mol. The number of anilines is 1. The van der Waals surface area contributed by atoms with Gasteiger partial charge in [0.2, 0.25) is 0 Å². The van der Waals surface area contributed by atoms with E-state index in [1.165, 1.54) is 29.5 Å². The summed E-state index contributed by atoms with van der Waals surface area (Å²) in [6.45, 7) is 5.22. The van der Waals surface area contributed by atoms with Gasteiger partial charge in [0.15, 0.2) is 0 Å². The van der Waals surface area contributed by atoms with E-state index in [2.05, 4.69) is 52.0 Å². The molecule has 2 aromatic heterocycles. The van der Waals surface area contributed by atoms with Gasteiger partial charge in [-0.1, -0.05) is 42.5 Å². The van der Waals surface area contributed by atoms with Gasteiger partial charge in [-0.3, -0.25) is 0 Å². The number of hydrogen-bond donors (Lipinski definition) is 1. The standard InChI is InChI=1S/C26H28N4OS/c1-18-27-25(24-22(17-32-26(24)28-18)19-8-4-3-5-9-19)29-23(16-30-14-6-7-15-30)20-10-12-21(31-2)13-11-20/h3-5,8-13,17,23H,6-7,14-16H2,1-2H3,(H,27,28,29). The Bertz CT molecular complexity index is 1180. The van der Waals surface area contributed by atoms with E-state index in [4.69, 9.17) is 14.7 Å². The molecule has 0 spiro atoms. The summed E-state index contributed by atoms with van der Waals surface area (Å²) in [5, 5.41) is 7.11. The molecular formula is C26H28N4OS. The van der Waals surface area contributed by atoms with Gasteiger partial charge in [-0.15, -0.1) is 11.3 Å². The van der Waals surface area contributed by atoms with Gasteiger partial charge in [-0.25, -0.2) is 9.97 Å². The summed E-state index contributed by atoms with van der Waals surface area (Å²) < 4.78 is 5.38. The smallest absolute Gasteiger partial charge is 0.139 e. The van der Waals surface area contributed by atoms with Gasteiger partial charge < -0.3 is 15.0 Å². The maximum absolute atomic E-state index is 5.38. The van der Waals surface area contributed by atoms with Crippen molar-refractivity contribution in [2.75, 3.05) is 32.1 Å². The van der Waals surface area contributed by atoms with Gasteiger partial charge in [0.1, 0.15) is 22.2 Å². The van der Waals surface area contributed by atoms with Crippen molar-refractivity contribution in [1.29, 1.82) is 0 Å². The van der Waals surface area contributed by atoms with Crippen LogP contribution in [-0.4, -0.2) is 41.6 Å². The quantitative estimate of drug-likeness (QED) is 0.383. The lowest BCUT2D eigenvalue weighted by Gasteiger charge is -2.26. The number of methoxy groups -OCH3 is 1. The molecule has 0 saturated carbocycles. The molecule has 1 unspecified atom stereocenters. The van der Waals surface area contributed by atoms with E-state index in [1.54, 1.807) is 18.4 Å². The highest BCUT2D eigenvalue weighted by Crippen LogP contribution is 2.38. The van der Waals surface area contributed by atoms with Crippen LogP contribution < -0.4 is 10.1 Å². The van der Waals surface area contributed by atoms with Crippen molar-refractivity contribution in [3.05, 3.63) is 71.4 Å². The van der Waals surface area contributed by atoms with Crippen LogP contribution in [0.15, 0.2) is 60.0 Å². The van der Waals surface area contributed by atoms with E-state index in [0.717, 1.165) is 47.2 Å². The number of benzene rings is 2. The SMILES string of the molecule is COc1ccc(C(CN2CCCC2)Nc2nc(C)nc3scc(-c4ccccc4)c23)cc1. The number of likely N-dealkylation sites (tertiary alicyclic amines) is 1. The average molecular weight is 445 g/mol. The summed E-state index contributed by atoms with van der Waals surface area (Å²) in [5.74, 6) is 2.57. The van der Waals surface area contributed by atoms with Crippen LogP contribution in [0.1, 0.15) is 30.3 Å². The lowest BCUT2D eigenvalue weighted by atomic mass is 10.0. The molecular weight excluding hydrogens is 416 g/mol. The van der Waals surface area contributed by atoms with Crippen LogP contribution in [0.4, 0.5) is 5.82 Å². The minimum absolute atomic E-state index is 0.125. The molecule has 5 rings (SSSR count). The summed E-state index contributed by atoms with van der Waals surface area (Å²) in [6, 6.07) is 19.0. The fourth-order valence-electron chi connectivity index (χ4n) is 4.44. The average Bonchev–Trinajstić information content (AvgIpc) is 3.49. The summed E-state index contributed by atoms with van der Waals surface area (Å²) in [5.41, 5.74) is 3.61. The number of ether oxygens (including phenoxy) is 1. The molecule has 3 heterocycles. The highest BCUT2D eigenvalue weighted by atomic mass is 32.1. The number of hydrogen-bond acceptors (Lipinski definition) is 6. The van der Waals surface area contributed by atoms with Crippen LogP contribution in [0.2, 0.25) is 0 Å². The van der Waals surface area contributed by atoms with Crippen LogP contribution in [0.5, 0.6) is 5.75 Å². The van der Waals surface area contributed by atoms with Crippen LogP contribution in [0.25, 0.3) is 21.3 Å². The second-order valence-electron chi connectivity index (χ2n) is 8.29. The van der Waals surface area contributed by atoms with Crippen molar-refractivity contribution in [2.24, 2.45) is 0 Å². The molecule has 1 aliphatic heterocycles. The summed E-state index contributed by atoms with van der Waals surface area (Å²) in [4.78, 5) is 13.2. The zero-order valence-electron chi connectivity index (χ0n) is 18.5. The Morgan fingerprint density at radius 1 is 1.03 bits per heavy atom. The molecule has 1 N–H and O–H groups in total. The van der Waals surface area contributed by atoms with Gasteiger partial charge in [0, 0.05) is 17.5 Å². The lowest BCUT2D eigenvalue weighted by molar-refractivity contribution is 0.323. The molecule has 0 radical (unpaired) electrons. The third kappa shape index (κ3) is 4.33. The lowest BCUT2D eigenvalue weighted by Crippen LogP contribution is -2.29. The Balaban J connectivity index is 1.56. The van der Waals surface area contributed by atoms with E-state index >= 15 is 0 Å². The first kappa shape index (κ1) is 20.9. The maximum Gasteiger partial charge on any atom is 0.139 e. The van der Waals surface area contributed by atoms with Crippen molar-refractivity contribution in [3.63, 3.8) is 0 Å². The molecule has 1 atom stereocenters. The highest BCUT2D eigenvalue weighted by molar-refractivity contribution is 7.17. The number of aryl methyl sites for hydroxylation is 1.